The second kappa shape index (κ2) is 12.5. The second-order valence-electron chi connectivity index (χ2n) is 6.84. The van der Waals surface area contributed by atoms with Crippen LogP contribution in [0.5, 0.6) is 5.75 Å². The van der Waals surface area contributed by atoms with Crippen molar-refractivity contribution < 1.29 is 18.7 Å². The summed E-state index contributed by atoms with van der Waals surface area (Å²) < 4.78 is 15.7. The van der Waals surface area contributed by atoms with Gasteiger partial charge in [-0.2, -0.15) is 0 Å². The minimum absolute atomic E-state index is 0.138. The molecule has 7 heteroatoms. The Morgan fingerprint density at radius 2 is 1.97 bits per heavy atom. The van der Waals surface area contributed by atoms with Gasteiger partial charge in [0.05, 0.1) is 19.5 Å². The number of aliphatic imine (C=N–C) groups is 1. The van der Waals surface area contributed by atoms with Crippen LogP contribution in [0.25, 0.3) is 0 Å². The summed E-state index contributed by atoms with van der Waals surface area (Å²) in [6, 6.07) is 11.6. The number of unbranched alkanes of at least 4 members (excludes halogenated alkanes) is 1. The molecule has 2 rings (SSSR count). The average molecular weight is 402 g/mol. The molecule has 0 atom stereocenters. The van der Waals surface area contributed by atoms with Gasteiger partial charge in [0.25, 0.3) is 0 Å². The zero-order valence-electron chi connectivity index (χ0n) is 17.4. The molecule has 29 heavy (non-hydrogen) atoms. The Bertz CT molecular complexity index is 740. The number of methoxy groups -OCH3 is 1. The number of furan rings is 1. The first-order valence-corrected chi connectivity index (χ1v) is 9.98. The largest absolute Gasteiger partial charge is 0.491 e. The van der Waals surface area contributed by atoms with Crippen molar-refractivity contribution in [3.8, 4) is 5.75 Å². The predicted molar refractivity (Wildman–Crippen MR) is 114 cm³/mol. The monoisotopic (exact) mass is 401 g/mol. The first-order chi connectivity index (χ1) is 14.1. The van der Waals surface area contributed by atoms with Gasteiger partial charge in [-0.3, -0.25) is 9.79 Å². The molecule has 1 aromatic carbocycles. The fraction of sp³-hybridized carbons (Fsp3) is 0.455. The van der Waals surface area contributed by atoms with Crippen LogP contribution in [0, 0.1) is 0 Å². The van der Waals surface area contributed by atoms with Crippen molar-refractivity contribution in [1.82, 2.24) is 5.32 Å². The third kappa shape index (κ3) is 9.19. The van der Waals surface area contributed by atoms with E-state index in [1.54, 1.807) is 6.26 Å². The lowest BCUT2D eigenvalue weighted by molar-refractivity contribution is -0.140. The van der Waals surface area contributed by atoms with Gasteiger partial charge in [0.15, 0.2) is 5.96 Å². The van der Waals surface area contributed by atoms with Crippen LogP contribution in [0.2, 0.25) is 0 Å². The molecule has 0 unspecified atom stereocenters. The zero-order chi connectivity index (χ0) is 20.9. The Balaban J connectivity index is 1.89. The molecule has 158 valence electrons. The van der Waals surface area contributed by atoms with Gasteiger partial charge in [0.2, 0.25) is 0 Å². The lowest BCUT2D eigenvalue weighted by Crippen LogP contribution is -2.32. The predicted octanol–water partition coefficient (Wildman–Crippen LogP) is 4.01. The lowest BCUT2D eigenvalue weighted by atomic mass is 10.2. The second-order valence-corrected chi connectivity index (χ2v) is 6.84. The first kappa shape index (κ1) is 22.3. The summed E-state index contributed by atoms with van der Waals surface area (Å²) in [4.78, 5) is 15.8. The van der Waals surface area contributed by atoms with Gasteiger partial charge in [0.1, 0.15) is 11.5 Å². The molecule has 0 radical (unpaired) electrons. The molecule has 0 aliphatic carbocycles. The quantitative estimate of drug-likeness (QED) is 0.256. The SMILES string of the molecule is COC(=O)CCCCN=C(NCCc1ccco1)Nc1ccc(OC(C)C)cc1. The Hall–Kier alpha value is -2.96. The smallest absolute Gasteiger partial charge is 0.305 e. The lowest BCUT2D eigenvalue weighted by Gasteiger charge is -2.14. The number of anilines is 1. The number of nitrogens with one attached hydrogen (secondary N) is 2. The number of hydrogen-bond acceptors (Lipinski definition) is 5. The van der Waals surface area contributed by atoms with Gasteiger partial charge in [-0.05, 0) is 63.1 Å². The molecule has 1 heterocycles. The number of nitrogens with zero attached hydrogens (tertiary/aromatic N) is 1. The third-order valence-electron chi connectivity index (χ3n) is 4.02. The summed E-state index contributed by atoms with van der Waals surface area (Å²) in [5.74, 6) is 2.25. The topological polar surface area (TPSA) is 85.1 Å². The van der Waals surface area contributed by atoms with E-state index in [2.05, 4.69) is 20.4 Å². The normalized spacial score (nSPS) is 11.4. The number of carbonyl (C=O) groups excluding carboxylic acids is 1. The van der Waals surface area contributed by atoms with Crippen LogP contribution in [0.3, 0.4) is 0 Å². The van der Waals surface area contributed by atoms with E-state index < -0.39 is 0 Å². The van der Waals surface area contributed by atoms with E-state index in [-0.39, 0.29) is 12.1 Å². The molecule has 0 aliphatic heterocycles. The van der Waals surface area contributed by atoms with Gasteiger partial charge in [-0.1, -0.05) is 0 Å². The van der Waals surface area contributed by atoms with Gasteiger partial charge in [-0.15, -0.1) is 0 Å². The van der Waals surface area contributed by atoms with Crippen molar-refractivity contribution in [2.24, 2.45) is 4.99 Å². The highest BCUT2D eigenvalue weighted by Gasteiger charge is 2.04. The molecule has 2 aromatic rings. The van der Waals surface area contributed by atoms with Crippen LogP contribution in [-0.4, -0.2) is 38.2 Å². The van der Waals surface area contributed by atoms with Gasteiger partial charge < -0.3 is 24.5 Å². The molecule has 0 aliphatic rings. The molecule has 0 fully saturated rings. The van der Waals surface area contributed by atoms with Crippen LogP contribution in [0.15, 0.2) is 52.1 Å². The molecule has 0 bridgehead atoms. The summed E-state index contributed by atoms with van der Waals surface area (Å²) in [6.07, 6.45) is 4.54. The first-order valence-electron chi connectivity index (χ1n) is 9.98. The minimum Gasteiger partial charge on any atom is -0.491 e. The van der Waals surface area contributed by atoms with Gasteiger partial charge in [0, 0.05) is 31.6 Å². The van der Waals surface area contributed by atoms with E-state index in [0.717, 1.165) is 36.5 Å². The van der Waals surface area contributed by atoms with Gasteiger partial charge in [-0.25, -0.2) is 0 Å². The molecule has 0 saturated heterocycles. The average Bonchev–Trinajstić information content (AvgIpc) is 3.21. The molecular weight excluding hydrogens is 370 g/mol. The highest BCUT2D eigenvalue weighted by molar-refractivity contribution is 5.93. The highest BCUT2D eigenvalue weighted by Crippen LogP contribution is 2.16. The van der Waals surface area contributed by atoms with E-state index in [4.69, 9.17) is 9.15 Å². The molecule has 0 amide bonds. The van der Waals surface area contributed by atoms with Crippen molar-refractivity contribution in [3.63, 3.8) is 0 Å². The number of benzene rings is 1. The minimum atomic E-state index is -0.187. The van der Waals surface area contributed by atoms with Crippen LogP contribution in [0.4, 0.5) is 5.69 Å². The fourth-order valence-corrected chi connectivity index (χ4v) is 2.60. The number of rotatable bonds is 11. The number of carbonyl (C=O) groups is 1. The molecule has 1 aromatic heterocycles. The van der Waals surface area contributed by atoms with Crippen LogP contribution >= 0.6 is 0 Å². The number of hydrogen-bond donors (Lipinski definition) is 2. The van der Waals surface area contributed by atoms with Crippen molar-refractivity contribution in [1.29, 1.82) is 0 Å². The zero-order valence-corrected chi connectivity index (χ0v) is 17.4. The number of guanidine groups is 1. The summed E-state index contributed by atoms with van der Waals surface area (Å²) in [7, 11) is 1.41. The maximum Gasteiger partial charge on any atom is 0.305 e. The summed E-state index contributed by atoms with van der Waals surface area (Å²) in [6.45, 7) is 5.30. The summed E-state index contributed by atoms with van der Waals surface area (Å²) in [5.41, 5.74) is 0.917. The van der Waals surface area contributed by atoms with E-state index in [1.165, 1.54) is 7.11 Å². The number of esters is 1. The Kier molecular flexibility index (Phi) is 9.62. The maximum atomic E-state index is 11.2. The Morgan fingerprint density at radius 1 is 1.17 bits per heavy atom. The molecule has 0 spiro atoms. The maximum absolute atomic E-state index is 11.2. The van der Waals surface area contributed by atoms with Crippen molar-refractivity contribution in [2.45, 2.75) is 45.6 Å². The van der Waals surface area contributed by atoms with Crippen molar-refractivity contribution in [3.05, 3.63) is 48.4 Å². The standard InChI is InChI=1S/C22H31N3O4/c1-17(2)29-20-11-9-18(10-12-20)25-22(23-14-5-4-8-21(26)27-3)24-15-13-19-7-6-16-28-19/h6-7,9-12,16-17H,4-5,8,13-15H2,1-3H3,(H2,23,24,25). The van der Waals surface area contributed by atoms with E-state index in [0.29, 0.717) is 25.5 Å². The molecule has 0 saturated carbocycles. The third-order valence-corrected chi connectivity index (χ3v) is 4.02. The van der Waals surface area contributed by atoms with E-state index in [1.807, 2.05) is 50.2 Å². The van der Waals surface area contributed by atoms with Gasteiger partial charge >= 0.3 is 5.97 Å². The van der Waals surface area contributed by atoms with Crippen molar-refractivity contribution >= 4 is 17.6 Å². The van der Waals surface area contributed by atoms with Crippen LogP contribution in [-0.2, 0) is 16.0 Å². The van der Waals surface area contributed by atoms with Crippen LogP contribution in [0.1, 0.15) is 38.9 Å². The summed E-state index contributed by atoms with van der Waals surface area (Å²) >= 11 is 0. The molecule has 2 N–H and O–H groups in total. The fourth-order valence-electron chi connectivity index (χ4n) is 2.60. The summed E-state index contributed by atoms with van der Waals surface area (Å²) in [5, 5.41) is 6.63. The molecule has 7 nitrogen and oxygen atoms in total. The number of ether oxygens (including phenoxy) is 2. The highest BCUT2D eigenvalue weighted by atomic mass is 16.5. The van der Waals surface area contributed by atoms with E-state index >= 15 is 0 Å². The van der Waals surface area contributed by atoms with Crippen molar-refractivity contribution in [2.75, 3.05) is 25.5 Å². The molecular formula is C22H31N3O4. The van der Waals surface area contributed by atoms with E-state index in [9.17, 15) is 4.79 Å². The Morgan fingerprint density at radius 3 is 2.62 bits per heavy atom. The van der Waals surface area contributed by atoms with Crippen LogP contribution < -0.4 is 15.4 Å². The Labute approximate surface area is 172 Å².